The standard InChI is InChI=1S/C16H14FNO3/c1-20-14-8-15-13(7-12(14)17)18(16(19)10-21-15)9-11-5-3-2-4-6-11/h2-8H,9-10H2,1H3. The molecule has 0 spiro atoms. The second-order valence-electron chi connectivity index (χ2n) is 4.71. The molecule has 0 saturated carbocycles. The van der Waals surface area contributed by atoms with Crippen molar-refractivity contribution in [1.82, 2.24) is 0 Å². The first-order valence-electron chi connectivity index (χ1n) is 6.53. The molecule has 1 heterocycles. The van der Waals surface area contributed by atoms with Crippen LogP contribution in [0.1, 0.15) is 5.56 Å². The highest BCUT2D eigenvalue weighted by Gasteiger charge is 2.27. The lowest BCUT2D eigenvalue weighted by atomic mass is 10.1. The van der Waals surface area contributed by atoms with E-state index >= 15 is 0 Å². The predicted octanol–water partition coefficient (Wildman–Crippen LogP) is 2.76. The first kappa shape index (κ1) is 13.4. The highest BCUT2D eigenvalue weighted by molar-refractivity contribution is 5.97. The van der Waals surface area contributed by atoms with E-state index in [1.807, 2.05) is 30.3 Å². The second kappa shape index (κ2) is 5.44. The van der Waals surface area contributed by atoms with Crippen molar-refractivity contribution < 1.29 is 18.7 Å². The summed E-state index contributed by atoms with van der Waals surface area (Å²) in [6.45, 7) is 0.316. The number of nitrogens with zero attached hydrogens (tertiary/aromatic N) is 1. The number of ether oxygens (including phenoxy) is 2. The van der Waals surface area contributed by atoms with Gasteiger partial charge in [0, 0.05) is 12.1 Å². The maximum absolute atomic E-state index is 13.9. The summed E-state index contributed by atoms with van der Waals surface area (Å²) in [5.74, 6) is -0.171. The van der Waals surface area contributed by atoms with Crippen LogP contribution in [-0.4, -0.2) is 19.6 Å². The van der Waals surface area contributed by atoms with Crippen molar-refractivity contribution in [3.63, 3.8) is 0 Å². The Balaban J connectivity index is 1.99. The van der Waals surface area contributed by atoms with Crippen molar-refractivity contribution in [2.75, 3.05) is 18.6 Å². The zero-order valence-electron chi connectivity index (χ0n) is 11.5. The average Bonchev–Trinajstić information content (AvgIpc) is 2.51. The van der Waals surface area contributed by atoms with Crippen LogP contribution in [0.4, 0.5) is 10.1 Å². The molecule has 0 aliphatic carbocycles. The summed E-state index contributed by atoms with van der Waals surface area (Å²) in [5.41, 5.74) is 1.39. The highest BCUT2D eigenvalue weighted by Crippen LogP contribution is 2.37. The van der Waals surface area contributed by atoms with E-state index in [1.165, 1.54) is 24.1 Å². The lowest BCUT2D eigenvalue weighted by molar-refractivity contribution is -0.121. The van der Waals surface area contributed by atoms with Crippen LogP contribution in [0.5, 0.6) is 11.5 Å². The number of hydrogen-bond donors (Lipinski definition) is 0. The van der Waals surface area contributed by atoms with Gasteiger partial charge in [-0.25, -0.2) is 4.39 Å². The van der Waals surface area contributed by atoms with Crippen molar-refractivity contribution in [1.29, 1.82) is 0 Å². The summed E-state index contributed by atoms with van der Waals surface area (Å²) in [5, 5.41) is 0. The van der Waals surface area contributed by atoms with Crippen molar-refractivity contribution in [3.8, 4) is 11.5 Å². The number of methoxy groups -OCH3 is 1. The van der Waals surface area contributed by atoms with Crippen molar-refractivity contribution >= 4 is 11.6 Å². The largest absolute Gasteiger partial charge is 0.494 e. The molecular weight excluding hydrogens is 273 g/mol. The van der Waals surface area contributed by atoms with Gasteiger partial charge in [-0.1, -0.05) is 30.3 Å². The number of rotatable bonds is 3. The van der Waals surface area contributed by atoms with E-state index in [2.05, 4.69) is 0 Å². The summed E-state index contributed by atoms with van der Waals surface area (Å²) in [6.07, 6.45) is 0. The number of carbonyl (C=O) groups excluding carboxylic acids is 1. The quantitative estimate of drug-likeness (QED) is 0.871. The molecule has 21 heavy (non-hydrogen) atoms. The minimum Gasteiger partial charge on any atom is -0.494 e. The number of carbonyl (C=O) groups is 1. The highest BCUT2D eigenvalue weighted by atomic mass is 19.1. The van der Waals surface area contributed by atoms with Gasteiger partial charge in [-0.3, -0.25) is 4.79 Å². The Bertz CT molecular complexity index is 673. The zero-order valence-corrected chi connectivity index (χ0v) is 11.5. The number of benzene rings is 2. The molecule has 108 valence electrons. The van der Waals surface area contributed by atoms with E-state index in [9.17, 15) is 9.18 Å². The van der Waals surface area contributed by atoms with Crippen molar-refractivity contribution in [2.45, 2.75) is 6.54 Å². The van der Waals surface area contributed by atoms with E-state index in [0.717, 1.165) is 5.56 Å². The Morgan fingerprint density at radius 2 is 2.05 bits per heavy atom. The molecule has 1 amide bonds. The van der Waals surface area contributed by atoms with E-state index in [4.69, 9.17) is 9.47 Å². The minimum atomic E-state index is -0.521. The van der Waals surface area contributed by atoms with Crippen LogP contribution in [0.25, 0.3) is 0 Å². The Morgan fingerprint density at radius 1 is 1.29 bits per heavy atom. The normalized spacial score (nSPS) is 13.6. The average molecular weight is 287 g/mol. The van der Waals surface area contributed by atoms with Crippen molar-refractivity contribution in [3.05, 3.63) is 53.8 Å². The summed E-state index contributed by atoms with van der Waals surface area (Å²) in [4.78, 5) is 13.6. The van der Waals surface area contributed by atoms with Gasteiger partial charge in [-0.05, 0) is 5.56 Å². The SMILES string of the molecule is COc1cc2c(cc1F)N(Cc1ccccc1)C(=O)CO2. The van der Waals surface area contributed by atoms with Gasteiger partial charge < -0.3 is 14.4 Å². The molecule has 1 aliphatic rings. The maximum Gasteiger partial charge on any atom is 0.265 e. The number of fused-ring (bicyclic) bond motifs is 1. The molecule has 5 heteroatoms. The molecule has 0 aromatic heterocycles. The Morgan fingerprint density at radius 3 is 2.76 bits per heavy atom. The minimum absolute atomic E-state index is 0.0609. The molecule has 2 aromatic rings. The summed E-state index contributed by atoms with van der Waals surface area (Å²) < 4.78 is 24.2. The van der Waals surface area contributed by atoms with Gasteiger partial charge in [0.25, 0.3) is 5.91 Å². The lowest BCUT2D eigenvalue weighted by Gasteiger charge is -2.29. The first-order valence-corrected chi connectivity index (χ1v) is 6.53. The number of halogens is 1. The zero-order chi connectivity index (χ0) is 14.8. The predicted molar refractivity (Wildman–Crippen MR) is 76.1 cm³/mol. The van der Waals surface area contributed by atoms with Gasteiger partial charge >= 0.3 is 0 Å². The molecule has 0 radical (unpaired) electrons. The number of anilines is 1. The van der Waals surface area contributed by atoms with Crippen LogP contribution in [0, 0.1) is 5.82 Å². The molecule has 0 saturated heterocycles. The van der Waals surface area contributed by atoms with Gasteiger partial charge in [0.1, 0.15) is 5.75 Å². The molecule has 0 bridgehead atoms. The van der Waals surface area contributed by atoms with Gasteiger partial charge in [0.05, 0.1) is 19.3 Å². The summed E-state index contributed by atoms with van der Waals surface area (Å²) >= 11 is 0. The first-order chi connectivity index (χ1) is 10.2. The van der Waals surface area contributed by atoms with E-state index in [1.54, 1.807) is 0 Å². The molecule has 4 nitrogen and oxygen atoms in total. The molecule has 0 fully saturated rings. The molecule has 3 rings (SSSR count). The Hall–Kier alpha value is -2.56. The van der Waals surface area contributed by atoms with Crippen LogP contribution >= 0.6 is 0 Å². The Labute approximate surface area is 121 Å². The fourth-order valence-electron chi connectivity index (χ4n) is 2.30. The third-order valence-corrected chi connectivity index (χ3v) is 3.36. The molecule has 0 unspecified atom stereocenters. The maximum atomic E-state index is 13.9. The summed E-state index contributed by atoms with van der Waals surface area (Å²) in [6, 6.07) is 12.3. The molecule has 0 atom stereocenters. The van der Waals surface area contributed by atoms with Gasteiger partial charge in [-0.2, -0.15) is 0 Å². The monoisotopic (exact) mass is 287 g/mol. The lowest BCUT2D eigenvalue weighted by Crippen LogP contribution is -2.38. The fraction of sp³-hybridized carbons (Fsp3) is 0.188. The van der Waals surface area contributed by atoms with Gasteiger partial charge in [0.15, 0.2) is 18.2 Å². The van der Waals surface area contributed by atoms with E-state index in [-0.39, 0.29) is 18.3 Å². The smallest absolute Gasteiger partial charge is 0.265 e. The topological polar surface area (TPSA) is 38.8 Å². The molecular formula is C16H14FNO3. The van der Waals surface area contributed by atoms with Crippen LogP contribution in [-0.2, 0) is 11.3 Å². The van der Waals surface area contributed by atoms with Crippen molar-refractivity contribution in [2.24, 2.45) is 0 Å². The second-order valence-corrected chi connectivity index (χ2v) is 4.71. The summed E-state index contributed by atoms with van der Waals surface area (Å²) in [7, 11) is 1.39. The number of hydrogen-bond acceptors (Lipinski definition) is 3. The Kier molecular flexibility index (Phi) is 3.48. The molecule has 0 N–H and O–H groups in total. The van der Waals surface area contributed by atoms with Crippen LogP contribution in [0.2, 0.25) is 0 Å². The van der Waals surface area contributed by atoms with Gasteiger partial charge in [0.2, 0.25) is 0 Å². The van der Waals surface area contributed by atoms with Crippen LogP contribution in [0.15, 0.2) is 42.5 Å². The molecule has 1 aliphatic heterocycles. The third-order valence-electron chi connectivity index (χ3n) is 3.36. The van der Waals surface area contributed by atoms with E-state index in [0.29, 0.717) is 18.0 Å². The van der Waals surface area contributed by atoms with Crippen LogP contribution < -0.4 is 14.4 Å². The van der Waals surface area contributed by atoms with E-state index < -0.39 is 5.82 Å². The number of amides is 1. The molecule has 2 aromatic carbocycles. The third kappa shape index (κ3) is 2.54. The van der Waals surface area contributed by atoms with Gasteiger partial charge in [-0.15, -0.1) is 0 Å². The fourth-order valence-corrected chi connectivity index (χ4v) is 2.30. The van der Waals surface area contributed by atoms with Crippen LogP contribution in [0.3, 0.4) is 0 Å².